The topological polar surface area (TPSA) is 0 Å². The molecule has 0 aromatic heterocycles. The normalized spacial score (nSPS) is 9.75. The first kappa shape index (κ1) is 8.67. The van der Waals surface area contributed by atoms with Gasteiger partial charge >= 0.3 is 56.5 Å². The van der Waals surface area contributed by atoms with Gasteiger partial charge < -0.3 is 0 Å². The van der Waals surface area contributed by atoms with Crippen molar-refractivity contribution in [1.82, 2.24) is 0 Å². The van der Waals surface area contributed by atoms with Crippen LogP contribution in [0.2, 0.25) is 0 Å². The van der Waals surface area contributed by atoms with Crippen LogP contribution < -0.4 is 0 Å². The van der Waals surface area contributed by atoms with E-state index in [2.05, 4.69) is 0 Å². The Hall–Kier alpha value is 0.668. The van der Waals surface area contributed by atoms with Gasteiger partial charge in [0, 0.05) is 0 Å². The molecule has 6 heteroatoms. The molecule has 0 aliphatic carbocycles. The van der Waals surface area contributed by atoms with Crippen molar-refractivity contribution in [2.45, 2.75) is 0 Å². The molecule has 0 radical (unpaired) electrons. The van der Waals surface area contributed by atoms with Gasteiger partial charge in [0.15, 0.2) is 0 Å². The molecule has 0 nitrogen and oxygen atoms in total. The van der Waals surface area contributed by atoms with E-state index in [-0.39, 0.29) is 0 Å². The summed E-state index contributed by atoms with van der Waals surface area (Å²) in [4.78, 5) is 0. The third-order valence-corrected chi connectivity index (χ3v) is 2.82. The Morgan fingerprint density at radius 1 is 1.12 bits per heavy atom. The molecule has 8 heavy (non-hydrogen) atoms. The molecule has 0 aromatic rings. The Balaban J connectivity index is 4.00. The van der Waals surface area contributed by atoms with Crippen molar-refractivity contribution >= 4 is 32.7 Å². The molecule has 0 aliphatic heterocycles. The number of hydrogen-bond donors (Lipinski definition) is 0. The quantitative estimate of drug-likeness (QED) is 0.603. The zero-order valence-electron chi connectivity index (χ0n) is 3.34. The average molecular weight is 227 g/mol. The van der Waals surface area contributed by atoms with Gasteiger partial charge in [-0.25, -0.2) is 0 Å². The summed E-state index contributed by atoms with van der Waals surface area (Å²) in [5, 5.41) is 0. The number of hydrogen-bond acceptors (Lipinski definition) is 0. The Morgan fingerprint density at radius 3 is 1.50 bits per heavy atom. The summed E-state index contributed by atoms with van der Waals surface area (Å²) in [5.74, 6) is 0. The van der Waals surface area contributed by atoms with E-state index in [4.69, 9.17) is 19.9 Å². The summed E-state index contributed by atoms with van der Waals surface area (Å²) in [6.45, 7) is 0. The van der Waals surface area contributed by atoms with Crippen molar-refractivity contribution in [1.29, 1.82) is 0 Å². The van der Waals surface area contributed by atoms with Gasteiger partial charge in [-0.3, -0.25) is 0 Å². The molecule has 0 saturated carbocycles. The van der Waals surface area contributed by atoms with Gasteiger partial charge in [0.25, 0.3) is 0 Å². The zero-order valence-corrected chi connectivity index (χ0v) is 6.73. The Labute approximate surface area is 56.8 Å². The van der Waals surface area contributed by atoms with Crippen LogP contribution in [0.15, 0.2) is 10.7 Å². The summed E-state index contributed by atoms with van der Waals surface area (Å²) in [7, 11) is 9.64. The predicted octanol–water partition coefficient (Wildman–Crippen LogP) is 2.57. The first-order chi connectivity index (χ1) is 3.55. The molecule has 0 amide bonds. The summed E-state index contributed by atoms with van der Waals surface area (Å²) < 4.78 is 32.0. The van der Waals surface area contributed by atoms with Crippen LogP contribution >= 0.6 is 19.9 Å². The van der Waals surface area contributed by atoms with Crippen LogP contribution in [-0.2, 0) is 0 Å². The van der Waals surface area contributed by atoms with E-state index < -0.39 is 23.5 Å². The Bertz CT molecular complexity index is 108. The van der Waals surface area contributed by atoms with E-state index >= 15 is 0 Å². The first-order valence-corrected chi connectivity index (χ1v) is 7.25. The van der Waals surface area contributed by atoms with Gasteiger partial charge in [0.05, 0.1) is 0 Å². The first-order valence-electron chi connectivity index (χ1n) is 1.38. The Kier molecular flexibility index (Phi) is 3.95. The third kappa shape index (κ3) is 2.85. The predicted molar refractivity (Wildman–Crippen MR) is 27.8 cm³/mol. The van der Waals surface area contributed by atoms with Gasteiger partial charge in [-0.2, -0.15) is 0 Å². The van der Waals surface area contributed by atoms with E-state index in [0.29, 0.717) is 0 Å². The van der Waals surface area contributed by atoms with Crippen molar-refractivity contribution in [3.8, 4) is 0 Å². The SMILES string of the molecule is FC(F)=C(F)[As](Cl)Cl. The molecule has 0 rings (SSSR count). The molecule has 48 valence electrons. The van der Waals surface area contributed by atoms with Crippen molar-refractivity contribution in [3.63, 3.8) is 0 Å². The van der Waals surface area contributed by atoms with E-state index in [1.165, 1.54) is 0 Å². The van der Waals surface area contributed by atoms with E-state index in [0.717, 1.165) is 0 Å². The van der Waals surface area contributed by atoms with Crippen LogP contribution in [-0.4, -0.2) is 12.8 Å². The fourth-order valence-corrected chi connectivity index (χ4v) is 0.996. The van der Waals surface area contributed by atoms with Gasteiger partial charge in [0.2, 0.25) is 0 Å². The molecule has 0 atom stereocenters. The molecule has 0 fully saturated rings. The standard InChI is InChI=1S/C2AsCl2F3/c4-3(5)1(6)2(7)8. The molecule has 0 bridgehead atoms. The van der Waals surface area contributed by atoms with E-state index in [1.54, 1.807) is 0 Å². The minimum atomic E-state index is -2.97. The monoisotopic (exact) mass is 226 g/mol. The second-order valence-corrected chi connectivity index (χ2v) is 7.00. The maximum atomic E-state index is 11.6. The van der Waals surface area contributed by atoms with Gasteiger partial charge in [-0.1, -0.05) is 0 Å². The molecule has 0 N–H and O–H groups in total. The van der Waals surface area contributed by atoms with Crippen LogP contribution in [0, 0.1) is 0 Å². The molecule has 0 aliphatic rings. The maximum absolute atomic E-state index is 11.6. The summed E-state index contributed by atoms with van der Waals surface area (Å²) >= 11 is -2.97. The van der Waals surface area contributed by atoms with Crippen LogP contribution in [0.5, 0.6) is 0 Å². The zero-order chi connectivity index (χ0) is 6.73. The number of rotatable bonds is 1. The minimum absolute atomic E-state index is 1.64. The average Bonchev–Trinajstić information content (AvgIpc) is 1.64. The van der Waals surface area contributed by atoms with Crippen molar-refractivity contribution in [2.75, 3.05) is 0 Å². The summed E-state index contributed by atoms with van der Waals surface area (Å²) in [6.07, 6.45) is -2.41. The molecular formula is C2AsCl2F3. The summed E-state index contributed by atoms with van der Waals surface area (Å²) in [6, 6.07) is 0. The summed E-state index contributed by atoms with van der Waals surface area (Å²) in [5.41, 5.74) is 0. The third-order valence-electron chi connectivity index (χ3n) is 0.304. The molecule has 0 heterocycles. The fraction of sp³-hybridized carbons (Fsp3) is 0. The van der Waals surface area contributed by atoms with Crippen LogP contribution in [0.25, 0.3) is 0 Å². The van der Waals surface area contributed by atoms with E-state index in [9.17, 15) is 13.2 Å². The van der Waals surface area contributed by atoms with Crippen molar-refractivity contribution in [3.05, 3.63) is 10.7 Å². The Morgan fingerprint density at radius 2 is 1.50 bits per heavy atom. The van der Waals surface area contributed by atoms with Crippen LogP contribution in [0.1, 0.15) is 0 Å². The fourth-order valence-electron chi connectivity index (χ4n) is 0.0639. The van der Waals surface area contributed by atoms with Gasteiger partial charge in [-0.15, -0.1) is 0 Å². The molecule has 0 saturated heterocycles. The van der Waals surface area contributed by atoms with Gasteiger partial charge in [0.1, 0.15) is 0 Å². The van der Waals surface area contributed by atoms with Crippen molar-refractivity contribution in [2.24, 2.45) is 0 Å². The van der Waals surface area contributed by atoms with Crippen LogP contribution in [0.4, 0.5) is 13.2 Å². The van der Waals surface area contributed by atoms with Gasteiger partial charge in [-0.05, 0) is 0 Å². The van der Waals surface area contributed by atoms with Crippen molar-refractivity contribution < 1.29 is 13.2 Å². The molecule has 0 aromatic carbocycles. The second-order valence-electron chi connectivity index (χ2n) is 0.784. The molecule has 0 unspecified atom stereocenters. The second kappa shape index (κ2) is 3.65. The number of halogens is 5. The molecule has 0 spiro atoms. The van der Waals surface area contributed by atoms with Crippen LogP contribution in [0.3, 0.4) is 0 Å². The van der Waals surface area contributed by atoms with E-state index in [1.807, 2.05) is 0 Å². The molecular weight excluding hydrogens is 227 g/mol.